The fraction of sp³-hybridized carbons (Fsp3) is 0.176. The highest BCUT2D eigenvalue weighted by molar-refractivity contribution is 5.95. The highest BCUT2D eigenvalue weighted by Gasteiger charge is 2.18. The van der Waals surface area contributed by atoms with Crippen molar-refractivity contribution < 1.29 is 14.5 Å². The molecule has 0 saturated heterocycles. The van der Waals surface area contributed by atoms with Crippen LogP contribution >= 0.6 is 0 Å². The number of carbonyl (C=O) groups is 1. The summed E-state index contributed by atoms with van der Waals surface area (Å²) in [5.74, 6) is 0.382. The van der Waals surface area contributed by atoms with Crippen molar-refractivity contribution in [2.75, 3.05) is 7.11 Å². The topological polar surface area (TPSA) is 99.3 Å². The maximum Gasteiger partial charge on any atom is 0.311 e. The Bertz CT molecular complexity index is 964. The van der Waals surface area contributed by atoms with Crippen LogP contribution in [0.2, 0.25) is 0 Å². The minimum atomic E-state index is -0.582. The number of ether oxygens (including phenoxy) is 1. The SMILES string of the molecule is COc1ccc(C(=O)NCc2nc3ccccc3n2C)cc1[N+](=O)[O-]. The third-order valence-corrected chi connectivity index (χ3v) is 3.92. The number of hydrogen-bond donors (Lipinski definition) is 1. The smallest absolute Gasteiger partial charge is 0.311 e. The second-order valence-electron chi connectivity index (χ2n) is 5.40. The van der Waals surface area contributed by atoms with Crippen molar-refractivity contribution in [1.82, 2.24) is 14.9 Å². The zero-order chi connectivity index (χ0) is 18.0. The number of nitro groups is 1. The molecule has 2 aromatic carbocycles. The van der Waals surface area contributed by atoms with E-state index in [-0.39, 0.29) is 23.5 Å². The van der Waals surface area contributed by atoms with E-state index in [2.05, 4.69) is 10.3 Å². The van der Waals surface area contributed by atoms with Crippen LogP contribution in [0.4, 0.5) is 5.69 Å². The molecule has 8 heteroatoms. The molecule has 0 saturated carbocycles. The van der Waals surface area contributed by atoms with Gasteiger partial charge in [-0.3, -0.25) is 14.9 Å². The van der Waals surface area contributed by atoms with E-state index in [9.17, 15) is 14.9 Å². The quantitative estimate of drug-likeness (QED) is 0.568. The summed E-state index contributed by atoms with van der Waals surface area (Å²) < 4.78 is 6.83. The Morgan fingerprint density at radius 3 is 2.76 bits per heavy atom. The zero-order valence-electron chi connectivity index (χ0n) is 13.7. The van der Waals surface area contributed by atoms with Crippen LogP contribution in [0, 0.1) is 10.1 Å². The molecule has 0 aliphatic rings. The molecule has 0 spiro atoms. The van der Waals surface area contributed by atoms with Gasteiger partial charge in [-0.05, 0) is 24.3 Å². The van der Waals surface area contributed by atoms with Crippen LogP contribution in [0.3, 0.4) is 0 Å². The van der Waals surface area contributed by atoms with E-state index in [4.69, 9.17) is 4.74 Å². The van der Waals surface area contributed by atoms with Gasteiger partial charge in [0.15, 0.2) is 5.75 Å². The van der Waals surface area contributed by atoms with Crippen LogP contribution in [0.25, 0.3) is 11.0 Å². The average molecular weight is 340 g/mol. The molecular formula is C17H16N4O4. The van der Waals surface area contributed by atoms with Gasteiger partial charge in [0.25, 0.3) is 5.91 Å². The van der Waals surface area contributed by atoms with E-state index >= 15 is 0 Å². The molecule has 128 valence electrons. The van der Waals surface area contributed by atoms with Crippen molar-refractivity contribution in [3.05, 3.63) is 64.0 Å². The van der Waals surface area contributed by atoms with E-state index < -0.39 is 10.8 Å². The van der Waals surface area contributed by atoms with Gasteiger partial charge in [-0.15, -0.1) is 0 Å². The van der Waals surface area contributed by atoms with Crippen LogP contribution in [-0.2, 0) is 13.6 Å². The fourth-order valence-corrected chi connectivity index (χ4v) is 2.59. The van der Waals surface area contributed by atoms with Crippen molar-refractivity contribution >= 4 is 22.6 Å². The largest absolute Gasteiger partial charge is 0.490 e. The first-order valence-electron chi connectivity index (χ1n) is 7.52. The van der Waals surface area contributed by atoms with Gasteiger partial charge >= 0.3 is 5.69 Å². The number of nitrogens with one attached hydrogen (secondary N) is 1. The second kappa shape index (κ2) is 6.60. The molecule has 25 heavy (non-hydrogen) atoms. The molecule has 0 unspecified atom stereocenters. The van der Waals surface area contributed by atoms with E-state index in [1.54, 1.807) is 0 Å². The molecule has 0 radical (unpaired) electrons. The van der Waals surface area contributed by atoms with Gasteiger partial charge in [0, 0.05) is 18.7 Å². The Hall–Kier alpha value is -3.42. The molecule has 1 amide bonds. The third kappa shape index (κ3) is 3.14. The number of fused-ring (bicyclic) bond motifs is 1. The van der Waals surface area contributed by atoms with Gasteiger partial charge in [0.05, 0.1) is 29.6 Å². The maximum atomic E-state index is 12.3. The van der Waals surface area contributed by atoms with Crippen LogP contribution in [0.15, 0.2) is 42.5 Å². The number of aryl methyl sites for hydroxylation is 1. The number of methoxy groups -OCH3 is 1. The molecule has 3 rings (SSSR count). The zero-order valence-corrected chi connectivity index (χ0v) is 13.7. The predicted molar refractivity (Wildman–Crippen MR) is 91.5 cm³/mol. The molecule has 0 bridgehead atoms. The Balaban J connectivity index is 1.79. The van der Waals surface area contributed by atoms with Gasteiger partial charge in [0.1, 0.15) is 5.82 Å². The third-order valence-electron chi connectivity index (χ3n) is 3.92. The minimum Gasteiger partial charge on any atom is -0.490 e. The summed E-state index contributed by atoms with van der Waals surface area (Å²) in [5.41, 5.74) is 1.74. The van der Waals surface area contributed by atoms with Gasteiger partial charge < -0.3 is 14.6 Å². The molecule has 1 N–H and O–H groups in total. The van der Waals surface area contributed by atoms with E-state index in [0.717, 1.165) is 11.0 Å². The van der Waals surface area contributed by atoms with E-state index in [1.807, 2.05) is 35.9 Å². The normalized spacial score (nSPS) is 10.6. The molecule has 0 fully saturated rings. The van der Waals surface area contributed by atoms with Gasteiger partial charge in [-0.1, -0.05) is 12.1 Å². The molecular weight excluding hydrogens is 324 g/mol. The van der Waals surface area contributed by atoms with E-state index in [1.165, 1.54) is 25.3 Å². The molecule has 1 heterocycles. The number of hydrogen-bond acceptors (Lipinski definition) is 5. The Morgan fingerprint density at radius 2 is 2.08 bits per heavy atom. The fourth-order valence-electron chi connectivity index (χ4n) is 2.59. The lowest BCUT2D eigenvalue weighted by atomic mass is 10.1. The van der Waals surface area contributed by atoms with E-state index in [0.29, 0.717) is 5.82 Å². The van der Waals surface area contributed by atoms with Gasteiger partial charge in [-0.2, -0.15) is 0 Å². The van der Waals surface area contributed by atoms with Gasteiger partial charge in [0.2, 0.25) is 0 Å². The molecule has 0 atom stereocenters. The lowest BCUT2D eigenvalue weighted by molar-refractivity contribution is -0.385. The highest BCUT2D eigenvalue weighted by atomic mass is 16.6. The summed E-state index contributed by atoms with van der Waals surface area (Å²) >= 11 is 0. The lowest BCUT2D eigenvalue weighted by Gasteiger charge is -2.07. The summed E-state index contributed by atoms with van der Waals surface area (Å²) in [6.45, 7) is 0.212. The summed E-state index contributed by atoms with van der Waals surface area (Å²) in [4.78, 5) is 27.3. The number of imidazole rings is 1. The average Bonchev–Trinajstić information content (AvgIpc) is 2.95. The first-order chi connectivity index (χ1) is 12.0. The van der Waals surface area contributed by atoms with Crippen LogP contribution in [0.5, 0.6) is 5.75 Å². The monoisotopic (exact) mass is 340 g/mol. The summed E-state index contributed by atoms with van der Waals surface area (Å²) in [6, 6.07) is 11.7. The van der Waals surface area contributed by atoms with Crippen LogP contribution in [0.1, 0.15) is 16.2 Å². The molecule has 1 aromatic heterocycles. The number of carbonyl (C=O) groups excluding carboxylic acids is 1. The van der Waals surface area contributed by atoms with Crippen molar-refractivity contribution in [2.24, 2.45) is 7.05 Å². The predicted octanol–water partition coefficient (Wildman–Crippen LogP) is 2.42. The number of benzene rings is 2. The standard InChI is InChI=1S/C17H16N4O4/c1-20-13-6-4-3-5-12(13)19-16(20)10-18-17(22)11-7-8-15(25-2)14(9-11)21(23)24/h3-9H,10H2,1-2H3,(H,18,22). The second-order valence-corrected chi connectivity index (χ2v) is 5.40. The Labute approximate surface area is 143 Å². The molecule has 3 aromatic rings. The number of para-hydroxylation sites is 2. The summed E-state index contributed by atoms with van der Waals surface area (Å²) in [6.07, 6.45) is 0. The maximum absolute atomic E-state index is 12.3. The van der Waals surface area contributed by atoms with Gasteiger partial charge in [-0.25, -0.2) is 4.98 Å². The van der Waals surface area contributed by atoms with Crippen molar-refractivity contribution in [3.8, 4) is 5.75 Å². The number of nitro benzene ring substituents is 1. The molecule has 0 aliphatic carbocycles. The molecule has 8 nitrogen and oxygen atoms in total. The van der Waals surface area contributed by atoms with Crippen molar-refractivity contribution in [3.63, 3.8) is 0 Å². The number of amides is 1. The Kier molecular flexibility index (Phi) is 4.34. The molecule has 0 aliphatic heterocycles. The number of rotatable bonds is 5. The Morgan fingerprint density at radius 1 is 1.32 bits per heavy atom. The number of nitrogens with zero attached hydrogens (tertiary/aromatic N) is 3. The summed E-state index contributed by atoms with van der Waals surface area (Å²) in [5, 5.41) is 13.8. The number of aromatic nitrogens is 2. The first kappa shape index (κ1) is 16.4. The summed E-state index contributed by atoms with van der Waals surface area (Å²) in [7, 11) is 3.21. The van der Waals surface area contributed by atoms with Crippen molar-refractivity contribution in [2.45, 2.75) is 6.54 Å². The highest BCUT2D eigenvalue weighted by Crippen LogP contribution is 2.27. The minimum absolute atomic E-state index is 0.108. The van der Waals surface area contributed by atoms with Crippen molar-refractivity contribution in [1.29, 1.82) is 0 Å². The first-order valence-corrected chi connectivity index (χ1v) is 7.52. The van der Waals surface area contributed by atoms with Crippen LogP contribution < -0.4 is 10.1 Å². The lowest BCUT2D eigenvalue weighted by Crippen LogP contribution is -2.24. The van der Waals surface area contributed by atoms with Crippen LogP contribution in [-0.4, -0.2) is 27.5 Å².